The van der Waals surface area contributed by atoms with Crippen molar-refractivity contribution in [2.45, 2.75) is 63.5 Å². The number of hydrogen-bond acceptors (Lipinski definition) is 6. The maximum atomic E-state index is 12.5. The molecule has 32 heavy (non-hydrogen) atoms. The second kappa shape index (κ2) is 8.91. The van der Waals surface area contributed by atoms with E-state index < -0.39 is 0 Å². The minimum absolute atomic E-state index is 0.0673. The quantitative estimate of drug-likeness (QED) is 0.676. The fourth-order valence-electron chi connectivity index (χ4n) is 4.85. The molecule has 7 nitrogen and oxygen atoms in total. The molecule has 3 heterocycles. The van der Waals surface area contributed by atoms with Gasteiger partial charge in [-0.3, -0.25) is 9.78 Å². The van der Waals surface area contributed by atoms with Crippen LogP contribution in [0, 0.1) is 11.3 Å². The van der Waals surface area contributed by atoms with Gasteiger partial charge in [-0.05, 0) is 81.2 Å². The lowest BCUT2D eigenvalue weighted by atomic mass is 9.90. The minimum atomic E-state index is -0.0673. The van der Waals surface area contributed by atoms with Gasteiger partial charge in [0.1, 0.15) is 11.9 Å². The van der Waals surface area contributed by atoms with Crippen molar-refractivity contribution >= 4 is 5.82 Å². The summed E-state index contributed by atoms with van der Waals surface area (Å²) in [6.07, 6.45) is 11.3. The fraction of sp³-hybridized carbons (Fsp3) is 0.400. The van der Waals surface area contributed by atoms with Crippen molar-refractivity contribution in [3.8, 4) is 17.3 Å². The van der Waals surface area contributed by atoms with Crippen molar-refractivity contribution in [2.24, 2.45) is 0 Å². The van der Waals surface area contributed by atoms with E-state index in [0.717, 1.165) is 61.9 Å². The largest absolute Gasteiger partial charge is 0.366 e. The summed E-state index contributed by atoms with van der Waals surface area (Å²) in [5.74, 6) is 0.714. The third-order valence-electron chi connectivity index (χ3n) is 6.61. The lowest BCUT2D eigenvalue weighted by Gasteiger charge is -2.30. The number of nitrogens with one attached hydrogen (secondary N) is 1. The topological polar surface area (TPSA) is 96.5 Å². The first-order valence-electron chi connectivity index (χ1n) is 11.4. The highest BCUT2D eigenvalue weighted by Crippen LogP contribution is 2.31. The maximum Gasteiger partial charge on any atom is 0.267 e. The number of pyridine rings is 2. The lowest BCUT2D eigenvalue weighted by molar-refractivity contribution is 0.304. The first kappa shape index (κ1) is 20.4. The number of anilines is 1. The highest BCUT2D eigenvalue weighted by molar-refractivity contribution is 5.57. The van der Waals surface area contributed by atoms with Crippen LogP contribution in [0.3, 0.4) is 0 Å². The summed E-state index contributed by atoms with van der Waals surface area (Å²) in [4.78, 5) is 21.4. The predicted octanol–water partition coefficient (Wildman–Crippen LogP) is 4.05. The van der Waals surface area contributed by atoms with Crippen LogP contribution >= 0.6 is 0 Å². The van der Waals surface area contributed by atoms with Gasteiger partial charge < -0.3 is 5.32 Å². The van der Waals surface area contributed by atoms with Crippen LogP contribution in [0.15, 0.2) is 47.5 Å². The molecule has 0 aromatic carbocycles. The van der Waals surface area contributed by atoms with Crippen LogP contribution in [-0.4, -0.2) is 25.8 Å². The normalized spacial score (nSPS) is 20.2. The van der Waals surface area contributed by atoms with E-state index in [1.807, 2.05) is 18.2 Å². The standard InChI is InChI=1S/C25H26N6O/c26-16-19-15-18-3-1-2-4-22(18)29-25(19)28-20-5-7-21(8-6-20)31-24(32)10-9-23(30-31)17-11-13-27-14-12-17/h9-15,20-21H,1-8H2,(H,28,29). The predicted molar refractivity (Wildman–Crippen MR) is 122 cm³/mol. The number of aromatic nitrogens is 4. The van der Waals surface area contributed by atoms with Crippen molar-refractivity contribution in [3.05, 3.63) is 69.9 Å². The molecule has 0 amide bonds. The number of rotatable bonds is 4. The molecule has 3 aromatic heterocycles. The highest BCUT2D eigenvalue weighted by Gasteiger charge is 2.25. The number of hydrogen-bond donors (Lipinski definition) is 1. The smallest absolute Gasteiger partial charge is 0.267 e. The van der Waals surface area contributed by atoms with Crippen LogP contribution in [0.5, 0.6) is 0 Å². The maximum absolute atomic E-state index is 12.5. The Morgan fingerprint density at radius 1 is 1.03 bits per heavy atom. The van der Waals surface area contributed by atoms with Gasteiger partial charge in [0.25, 0.3) is 5.56 Å². The van der Waals surface area contributed by atoms with Crippen LogP contribution in [-0.2, 0) is 12.8 Å². The molecular weight excluding hydrogens is 400 g/mol. The molecule has 3 aromatic rings. The van der Waals surface area contributed by atoms with Gasteiger partial charge in [0.15, 0.2) is 0 Å². The van der Waals surface area contributed by atoms with Gasteiger partial charge in [0.05, 0.1) is 17.3 Å². The van der Waals surface area contributed by atoms with E-state index >= 15 is 0 Å². The molecule has 0 radical (unpaired) electrons. The highest BCUT2D eigenvalue weighted by atomic mass is 16.1. The lowest BCUT2D eigenvalue weighted by Crippen LogP contribution is -2.33. The van der Waals surface area contributed by atoms with E-state index in [9.17, 15) is 10.1 Å². The van der Waals surface area contributed by atoms with Gasteiger partial charge >= 0.3 is 0 Å². The SMILES string of the molecule is N#Cc1cc2c(nc1NC1CCC(n3nc(-c4ccncc4)ccc3=O)CC1)CCCC2. The van der Waals surface area contributed by atoms with E-state index in [2.05, 4.69) is 21.5 Å². The van der Waals surface area contributed by atoms with Crippen LogP contribution in [0.4, 0.5) is 5.82 Å². The molecule has 1 fully saturated rings. The summed E-state index contributed by atoms with van der Waals surface area (Å²) in [7, 11) is 0. The summed E-state index contributed by atoms with van der Waals surface area (Å²) in [6.45, 7) is 0. The molecule has 0 spiro atoms. The second-order valence-corrected chi connectivity index (χ2v) is 8.70. The van der Waals surface area contributed by atoms with Crippen molar-refractivity contribution < 1.29 is 0 Å². The Kier molecular flexibility index (Phi) is 5.68. The molecule has 1 N–H and O–H groups in total. The molecule has 0 atom stereocenters. The molecule has 0 saturated heterocycles. The Morgan fingerprint density at radius 2 is 1.81 bits per heavy atom. The number of fused-ring (bicyclic) bond motifs is 1. The summed E-state index contributed by atoms with van der Waals surface area (Å²) in [6, 6.07) is 11.8. The van der Waals surface area contributed by atoms with Crippen molar-refractivity contribution in [3.63, 3.8) is 0 Å². The minimum Gasteiger partial charge on any atom is -0.366 e. The molecule has 0 aliphatic heterocycles. The zero-order chi connectivity index (χ0) is 21.9. The van der Waals surface area contributed by atoms with Crippen LogP contribution in [0.1, 0.15) is 61.4 Å². The zero-order valence-electron chi connectivity index (χ0n) is 18.0. The van der Waals surface area contributed by atoms with Gasteiger partial charge in [-0.1, -0.05) is 0 Å². The molecule has 2 aliphatic rings. The van der Waals surface area contributed by atoms with Gasteiger partial charge in [-0.15, -0.1) is 0 Å². The number of nitriles is 1. The van der Waals surface area contributed by atoms with Gasteiger partial charge in [-0.25, -0.2) is 9.67 Å². The second-order valence-electron chi connectivity index (χ2n) is 8.70. The summed E-state index contributed by atoms with van der Waals surface area (Å²) in [5.41, 5.74) is 4.66. The Hall–Kier alpha value is -3.53. The van der Waals surface area contributed by atoms with E-state index in [1.165, 1.54) is 12.0 Å². The first-order chi connectivity index (χ1) is 15.7. The fourth-order valence-corrected chi connectivity index (χ4v) is 4.85. The van der Waals surface area contributed by atoms with Crippen LogP contribution in [0.25, 0.3) is 11.3 Å². The van der Waals surface area contributed by atoms with E-state index in [4.69, 9.17) is 4.98 Å². The number of nitrogens with zero attached hydrogens (tertiary/aromatic N) is 5. The Bertz CT molecular complexity index is 1210. The third kappa shape index (κ3) is 4.13. The molecular formula is C25H26N6O. The molecule has 5 rings (SSSR count). The molecule has 7 heteroatoms. The summed E-state index contributed by atoms with van der Waals surface area (Å²) >= 11 is 0. The first-order valence-corrected chi connectivity index (χ1v) is 11.4. The van der Waals surface area contributed by atoms with Gasteiger partial charge in [-0.2, -0.15) is 10.4 Å². The van der Waals surface area contributed by atoms with E-state index in [-0.39, 0.29) is 17.6 Å². The molecule has 0 bridgehead atoms. The van der Waals surface area contributed by atoms with Crippen LogP contribution < -0.4 is 10.9 Å². The average molecular weight is 427 g/mol. The Labute approximate surface area is 187 Å². The molecule has 162 valence electrons. The van der Waals surface area contributed by atoms with Crippen LogP contribution in [0.2, 0.25) is 0 Å². The summed E-state index contributed by atoms with van der Waals surface area (Å²) < 4.78 is 1.64. The van der Waals surface area contributed by atoms with Gasteiger partial charge in [0, 0.05) is 35.8 Å². The van der Waals surface area contributed by atoms with Crippen molar-refractivity contribution in [2.75, 3.05) is 5.32 Å². The zero-order valence-corrected chi connectivity index (χ0v) is 18.0. The van der Waals surface area contributed by atoms with Crippen molar-refractivity contribution in [1.29, 1.82) is 5.26 Å². The molecule has 0 unspecified atom stereocenters. The molecule has 2 aliphatic carbocycles. The van der Waals surface area contributed by atoms with E-state index in [1.54, 1.807) is 29.2 Å². The monoisotopic (exact) mass is 426 g/mol. The third-order valence-corrected chi connectivity index (χ3v) is 6.61. The Balaban J connectivity index is 1.29. The van der Waals surface area contributed by atoms with Gasteiger partial charge in [0.2, 0.25) is 0 Å². The summed E-state index contributed by atoms with van der Waals surface area (Å²) in [5, 5.41) is 17.8. The average Bonchev–Trinajstić information content (AvgIpc) is 2.85. The van der Waals surface area contributed by atoms with E-state index in [0.29, 0.717) is 11.4 Å². The Morgan fingerprint density at radius 3 is 2.59 bits per heavy atom. The number of aryl methyl sites for hydroxylation is 2. The molecule has 1 saturated carbocycles. The van der Waals surface area contributed by atoms with Crippen molar-refractivity contribution in [1.82, 2.24) is 19.7 Å².